The topological polar surface area (TPSA) is 40.5 Å². The number of fused-ring (bicyclic) bond motifs is 3. The van der Waals surface area contributed by atoms with Gasteiger partial charge in [0.05, 0.1) is 1.37 Å². The second kappa shape index (κ2) is 6.24. The largest absolute Gasteiger partial charge is 0.489 e. The third kappa shape index (κ3) is 2.44. The quantitative estimate of drug-likeness (QED) is 0.364. The van der Waals surface area contributed by atoms with Gasteiger partial charge in [-0.25, -0.2) is 0 Å². The van der Waals surface area contributed by atoms with E-state index in [9.17, 15) is 10.0 Å². The van der Waals surface area contributed by atoms with Crippen molar-refractivity contribution in [2.45, 2.75) is 0 Å². The zero-order valence-corrected chi connectivity index (χ0v) is 14.6. The lowest BCUT2D eigenvalue weighted by Gasteiger charge is -2.18. The van der Waals surface area contributed by atoms with E-state index in [4.69, 9.17) is 1.37 Å². The fourth-order valence-corrected chi connectivity index (χ4v) is 4.08. The highest BCUT2D eigenvalue weighted by molar-refractivity contribution is 6.66. The maximum Gasteiger partial charge on any atom is 0.489 e. The first kappa shape index (κ1) is 15.0. The van der Waals surface area contributed by atoms with Crippen molar-refractivity contribution in [2.24, 2.45) is 0 Å². The van der Waals surface area contributed by atoms with E-state index in [1.807, 2.05) is 78.9 Å². The van der Waals surface area contributed by atoms with Gasteiger partial charge in [0.15, 0.2) is 0 Å². The van der Waals surface area contributed by atoms with Crippen LogP contribution in [0.5, 0.6) is 0 Å². The van der Waals surface area contributed by atoms with Crippen molar-refractivity contribution in [2.75, 3.05) is 0 Å². The van der Waals surface area contributed by atoms with Gasteiger partial charge in [0.1, 0.15) is 0 Å². The molecule has 5 aromatic carbocycles. The normalized spacial score (nSPS) is 11.9. The first-order chi connectivity index (χ1) is 13.7. The number of hydrogen-bond donors (Lipinski definition) is 2. The molecule has 2 nitrogen and oxygen atoms in total. The van der Waals surface area contributed by atoms with Gasteiger partial charge in [-0.3, -0.25) is 0 Å². The highest BCUT2D eigenvalue weighted by atomic mass is 16.4. The van der Waals surface area contributed by atoms with Crippen LogP contribution in [0.15, 0.2) is 91.0 Å². The van der Waals surface area contributed by atoms with Gasteiger partial charge in [-0.15, -0.1) is 0 Å². The zero-order chi connectivity index (χ0) is 19.3. The van der Waals surface area contributed by atoms with Gasteiger partial charge < -0.3 is 10.0 Å². The Morgan fingerprint density at radius 3 is 1.67 bits per heavy atom. The molecule has 5 aromatic rings. The molecule has 0 aliphatic heterocycles. The molecule has 27 heavy (non-hydrogen) atoms. The van der Waals surface area contributed by atoms with Gasteiger partial charge in [0.25, 0.3) is 0 Å². The van der Waals surface area contributed by atoms with Crippen molar-refractivity contribution in [3.63, 3.8) is 0 Å². The zero-order valence-electron chi connectivity index (χ0n) is 15.6. The number of benzene rings is 5. The monoisotopic (exact) mass is 349 g/mol. The summed E-state index contributed by atoms with van der Waals surface area (Å²) in [6, 6.07) is 27.8. The number of rotatable bonds is 2. The maximum absolute atomic E-state index is 10.1. The minimum absolute atomic E-state index is 0.450. The molecule has 0 spiro atoms. The van der Waals surface area contributed by atoms with Crippen molar-refractivity contribution in [3.05, 3.63) is 91.0 Å². The lowest BCUT2D eigenvalue weighted by atomic mass is 9.72. The Morgan fingerprint density at radius 2 is 1.07 bits per heavy atom. The fourth-order valence-electron chi connectivity index (χ4n) is 4.08. The summed E-state index contributed by atoms with van der Waals surface area (Å²) < 4.78 is 8.68. The standard InChI is InChI=1S/C24H17BO2/c26-25(27)24-21-13-5-3-11-19(21)23(20-12-4-6-14-22(20)24)18-15-7-9-16-8-1-2-10-17(16)18/h1-15,26-27H/i15D. The van der Waals surface area contributed by atoms with Crippen LogP contribution in [0.1, 0.15) is 1.37 Å². The third-order valence-corrected chi connectivity index (χ3v) is 5.20. The second-order valence-corrected chi connectivity index (χ2v) is 6.69. The highest BCUT2D eigenvalue weighted by Crippen LogP contribution is 2.38. The van der Waals surface area contributed by atoms with Crippen LogP contribution in [-0.4, -0.2) is 17.2 Å². The molecule has 0 fully saturated rings. The molecule has 0 radical (unpaired) electrons. The fraction of sp³-hybridized carbons (Fsp3) is 0. The van der Waals surface area contributed by atoms with Crippen molar-refractivity contribution in [1.82, 2.24) is 0 Å². The van der Waals surface area contributed by atoms with Crippen LogP contribution in [-0.2, 0) is 0 Å². The van der Waals surface area contributed by atoms with E-state index in [2.05, 4.69) is 6.07 Å². The van der Waals surface area contributed by atoms with Crippen LogP contribution in [0.3, 0.4) is 0 Å². The maximum atomic E-state index is 10.1. The van der Waals surface area contributed by atoms with Crippen molar-refractivity contribution < 1.29 is 11.4 Å². The Hall–Kier alpha value is -3.14. The second-order valence-electron chi connectivity index (χ2n) is 6.69. The number of hydrogen-bond acceptors (Lipinski definition) is 2. The van der Waals surface area contributed by atoms with Crippen LogP contribution in [0.4, 0.5) is 0 Å². The van der Waals surface area contributed by atoms with Crippen molar-refractivity contribution >= 4 is 44.9 Å². The van der Waals surface area contributed by atoms with Crippen LogP contribution < -0.4 is 5.46 Å². The first-order valence-electron chi connectivity index (χ1n) is 9.45. The summed E-state index contributed by atoms with van der Waals surface area (Å²) in [4.78, 5) is 0. The Morgan fingerprint density at radius 1 is 0.593 bits per heavy atom. The summed E-state index contributed by atoms with van der Waals surface area (Å²) in [6.45, 7) is 0. The van der Waals surface area contributed by atoms with Gasteiger partial charge in [-0.2, -0.15) is 0 Å². The summed E-state index contributed by atoms with van der Waals surface area (Å²) in [5.74, 6) is 0. The van der Waals surface area contributed by atoms with E-state index in [0.29, 0.717) is 11.5 Å². The Labute approximate surface area is 158 Å². The highest BCUT2D eigenvalue weighted by Gasteiger charge is 2.22. The molecule has 5 rings (SSSR count). The molecule has 0 bridgehead atoms. The lowest BCUT2D eigenvalue weighted by molar-refractivity contribution is 0.426. The van der Waals surface area contributed by atoms with Crippen LogP contribution in [0, 0.1) is 0 Å². The van der Waals surface area contributed by atoms with Crippen LogP contribution >= 0.6 is 0 Å². The summed E-state index contributed by atoms with van der Waals surface area (Å²) in [5.41, 5.74) is 2.32. The summed E-state index contributed by atoms with van der Waals surface area (Å²) in [7, 11) is -1.58. The van der Waals surface area contributed by atoms with Crippen molar-refractivity contribution in [3.8, 4) is 11.1 Å². The van der Waals surface area contributed by atoms with Gasteiger partial charge in [-0.05, 0) is 48.9 Å². The molecule has 0 aliphatic rings. The Bertz CT molecular complexity index is 1300. The molecular formula is C24H17BO2. The molecule has 128 valence electrons. The molecular weight excluding hydrogens is 331 g/mol. The average Bonchev–Trinajstić information content (AvgIpc) is 2.72. The molecule has 0 aromatic heterocycles. The van der Waals surface area contributed by atoms with E-state index in [1.165, 1.54) is 0 Å². The van der Waals surface area contributed by atoms with E-state index in [1.54, 1.807) is 0 Å². The molecule has 0 aliphatic carbocycles. The molecule has 0 heterocycles. The molecule has 0 saturated heterocycles. The lowest BCUT2D eigenvalue weighted by Crippen LogP contribution is -2.31. The van der Waals surface area contributed by atoms with E-state index < -0.39 is 7.12 Å². The molecule has 2 N–H and O–H groups in total. The minimum Gasteiger partial charge on any atom is -0.423 e. The Kier molecular flexibility index (Phi) is 3.46. The van der Waals surface area contributed by atoms with E-state index >= 15 is 0 Å². The van der Waals surface area contributed by atoms with Gasteiger partial charge in [0.2, 0.25) is 0 Å². The summed E-state index contributed by atoms with van der Waals surface area (Å²) in [5, 5.41) is 25.7. The van der Waals surface area contributed by atoms with Crippen molar-refractivity contribution in [1.29, 1.82) is 0 Å². The van der Waals surface area contributed by atoms with Gasteiger partial charge >= 0.3 is 7.12 Å². The van der Waals surface area contributed by atoms with Crippen LogP contribution in [0.25, 0.3) is 43.4 Å². The minimum atomic E-state index is -1.58. The van der Waals surface area contributed by atoms with Gasteiger partial charge in [0, 0.05) is 0 Å². The Balaban J connectivity index is 2.08. The molecule has 0 atom stereocenters. The van der Waals surface area contributed by atoms with Gasteiger partial charge in [-0.1, -0.05) is 91.0 Å². The summed E-state index contributed by atoms with van der Waals surface area (Å²) in [6.07, 6.45) is 0. The first-order valence-corrected chi connectivity index (χ1v) is 8.95. The van der Waals surface area contributed by atoms with E-state index in [0.717, 1.165) is 43.4 Å². The molecule has 3 heteroatoms. The average molecular weight is 349 g/mol. The molecule has 0 unspecified atom stereocenters. The SMILES string of the molecule is [2H]c1ccc2ccccc2c1-c1c2ccccc2c(B(O)O)c2ccccc12. The van der Waals surface area contributed by atoms with E-state index in [-0.39, 0.29) is 0 Å². The third-order valence-electron chi connectivity index (χ3n) is 5.20. The molecule has 0 amide bonds. The van der Waals surface area contributed by atoms with Crippen LogP contribution in [0.2, 0.25) is 0 Å². The summed E-state index contributed by atoms with van der Waals surface area (Å²) >= 11 is 0. The smallest absolute Gasteiger partial charge is 0.423 e. The predicted molar refractivity (Wildman–Crippen MR) is 114 cm³/mol. The predicted octanol–water partition coefficient (Wildman–Crippen LogP) is 4.49. The molecule has 0 saturated carbocycles.